The number of halogens is 2. The standard InChI is InChI=1S/C17H19Cl2NS/c1-2-20-16(10-13-6-8-14(18)9-7-13)12-21-17-5-3-4-15(19)11-17/h3-9,11,16,20H,2,10,12H2,1H3. The van der Waals surface area contributed by atoms with Crippen LogP contribution in [0.1, 0.15) is 12.5 Å². The number of hydrogen-bond acceptors (Lipinski definition) is 2. The van der Waals surface area contributed by atoms with Gasteiger partial charge in [0.1, 0.15) is 0 Å². The van der Waals surface area contributed by atoms with Gasteiger partial charge in [0.25, 0.3) is 0 Å². The lowest BCUT2D eigenvalue weighted by Crippen LogP contribution is -2.33. The molecule has 2 aromatic rings. The molecule has 1 unspecified atom stereocenters. The second-order valence-electron chi connectivity index (χ2n) is 4.85. The van der Waals surface area contributed by atoms with Crippen LogP contribution in [0.2, 0.25) is 10.0 Å². The predicted molar refractivity (Wildman–Crippen MR) is 94.8 cm³/mol. The van der Waals surface area contributed by atoms with Crippen LogP contribution in [0.3, 0.4) is 0 Å². The quantitative estimate of drug-likeness (QED) is 0.686. The fourth-order valence-corrected chi connectivity index (χ4v) is 3.53. The predicted octanol–water partition coefficient (Wildman–Crippen LogP) is 5.31. The molecule has 21 heavy (non-hydrogen) atoms. The van der Waals surface area contributed by atoms with E-state index >= 15 is 0 Å². The van der Waals surface area contributed by atoms with Crippen LogP contribution in [-0.4, -0.2) is 18.3 Å². The molecule has 1 nitrogen and oxygen atoms in total. The van der Waals surface area contributed by atoms with Gasteiger partial charge in [0.05, 0.1) is 0 Å². The highest BCUT2D eigenvalue weighted by molar-refractivity contribution is 7.99. The SMILES string of the molecule is CCNC(CSc1cccc(Cl)c1)Cc1ccc(Cl)cc1. The molecule has 0 saturated heterocycles. The number of hydrogen-bond donors (Lipinski definition) is 1. The monoisotopic (exact) mass is 339 g/mol. The molecule has 0 saturated carbocycles. The molecule has 2 rings (SSSR count). The summed E-state index contributed by atoms with van der Waals surface area (Å²) in [5.74, 6) is 1.01. The van der Waals surface area contributed by atoms with Gasteiger partial charge in [0.2, 0.25) is 0 Å². The fraction of sp³-hybridized carbons (Fsp3) is 0.294. The summed E-state index contributed by atoms with van der Waals surface area (Å²) in [5, 5.41) is 5.12. The van der Waals surface area contributed by atoms with Gasteiger partial charge in [-0.3, -0.25) is 0 Å². The van der Waals surface area contributed by atoms with E-state index in [2.05, 4.69) is 30.4 Å². The summed E-state index contributed by atoms with van der Waals surface area (Å²) in [4.78, 5) is 1.21. The van der Waals surface area contributed by atoms with Crippen molar-refractivity contribution in [3.05, 3.63) is 64.1 Å². The van der Waals surface area contributed by atoms with E-state index in [0.29, 0.717) is 6.04 Å². The molecule has 112 valence electrons. The summed E-state index contributed by atoms with van der Waals surface area (Å²) in [6.07, 6.45) is 0.999. The number of likely N-dealkylation sites (N-methyl/N-ethyl adjacent to an activating group) is 1. The molecule has 1 N–H and O–H groups in total. The Morgan fingerprint density at radius 1 is 1.05 bits per heavy atom. The summed E-state index contributed by atoms with van der Waals surface area (Å²) < 4.78 is 0. The lowest BCUT2D eigenvalue weighted by atomic mass is 10.1. The highest BCUT2D eigenvalue weighted by atomic mass is 35.5. The molecule has 0 radical (unpaired) electrons. The molecule has 0 aromatic heterocycles. The average molecular weight is 340 g/mol. The Kier molecular flexibility index (Phi) is 6.91. The lowest BCUT2D eigenvalue weighted by molar-refractivity contribution is 0.572. The van der Waals surface area contributed by atoms with Crippen molar-refractivity contribution in [3.63, 3.8) is 0 Å². The second kappa shape index (κ2) is 8.70. The molecule has 0 bridgehead atoms. The Balaban J connectivity index is 1.93. The van der Waals surface area contributed by atoms with Crippen LogP contribution >= 0.6 is 35.0 Å². The normalized spacial score (nSPS) is 12.3. The van der Waals surface area contributed by atoms with E-state index in [1.165, 1.54) is 10.5 Å². The van der Waals surface area contributed by atoms with E-state index in [-0.39, 0.29) is 0 Å². The Labute approximate surface area is 141 Å². The third-order valence-corrected chi connectivity index (χ3v) is 4.78. The molecule has 4 heteroatoms. The molecule has 0 aliphatic heterocycles. The molecule has 0 heterocycles. The molecule has 0 amide bonds. The fourth-order valence-electron chi connectivity index (χ4n) is 2.14. The van der Waals surface area contributed by atoms with Crippen LogP contribution in [0.5, 0.6) is 0 Å². The summed E-state index contributed by atoms with van der Waals surface area (Å²) in [6.45, 7) is 3.10. The van der Waals surface area contributed by atoms with Crippen LogP contribution in [0, 0.1) is 0 Å². The van der Waals surface area contributed by atoms with Crippen molar-refractivity contribution in [2.24, 2.45) is 0 Å². The smallest absolute Gasteiger partial charge is 0.0417 e. The van der Waals surface area contributed by atoms with E-state index in [4.69, 9.17) is 23.2 Å². The van der Waals surface area contributed by atoms with E-state index in [0.717, 1.165) is 28.8 Å². The third-order valence-electron chi connectivity index (χ3n) is 3.14. The zero-order valence-electron chi connectivity index (χ0n) is 12.0. The third kappa shape index (κ3) is 5.91. The second-order valence-corrected chi connectivity index (χ2v) is 6.82. The van der Waals surface area contributed by atoms with Crippen LogP contribution in [0.4, 0.5) is 0 Å². The zero-order chi connectivity index (χ0) is 15.1. The van der Waals surface area contributed by atoms with Gasteiger partial charge in [-0.25, -0.2) is 0 Å². The molecule has 0 aliphatic carbocycles. The van der Waals surface area contributed by atoms with Crippen molar-refractivity contribution < 1.29 is 0 Å². The van der Waals surface area contributed by atoms with Crippen molar-refractivity contribution in [1.82, 2.24) is 5.32 Å². The highest BCUT2D eigenvalue weighted by Gasteiger charge is 2.09. The number of rotatable bonds is 7. The maximum atomic E-state index is 6.02. The van der Waals surface area contributed by atoms with Crippen molar-refractivity contribution >= 4 is 35.0 Å². The van der Waals surface area contributed by atoms with Crippen molar-refractivity contribution in [3.8, 4) is 0 Å². The van der Waals surface area contributed by atoms with Gasteiger partial charge in [-0.15, -0.1) is 11.8 Å². The van der Waals surface area contributed by atoms with Crippen molar-refractivity contribution in [2.45, 2.75) is 24.3 Å². The average Bonchev–Trinajstić information content (AvgIpc) is 2.47. The van der Waals surface area contributed by atoms with Crippen LogP contribution in [-0.2, 0) is 6.42 Å². The first-order valence-electron chi connectivity index (χ1n) is 7.03. The minimum absolute atomic E-state index is 0.431. The first-order chi connectivity index (χ1) is 10.2. The highest BCUT2D eigenvalue weighted by Crippen LogP contribution is 2.23. The van der Waals surface area contributed by atoms with Crippen LogP contribution in [0.25, 0.3) is 0 Å². The minimum Gasteiger partial charge on any atom is -0.313 e. The maximum absolute atomic E-state index is 6.02. The van der Waals surface area contributed by atoms with Gasteiger partial charge >= 0.3 is 0 Å². The van der Waals surface area contributed by atoms with Crippen LogP contribution < -0.4 is 5.32 Å². The van der Waals surface area contributed by atoms with Gasteiger partial charge in [-0.1, -0.05) is 48.3 Å². The number of nitrogens with one attached hydrogen (secondary N) is 1. The van der Waals surface area contributed by atoms with Gasteiger partial charge in [0.15, 0.2) is 0 Å². The Morgan fingerprint density at radius 2 is 1.81 bits per heavy atom. The first kappa shape index (κ1) is 16.7. The van der Waals surface area contributed by atoms with E-state index < -0.39 is 0 Å². The van der Waals surface area contributed by atoms with Crippen molar-refractivity contribution in [2.75, 3.05) is 12.3 Å². The summed E-state index contributed by atoms with van der Waals surface area (Å²) >= 11 is 13.8. The van der Waals surface area contributed by atoms with Gasteiger partial charge in [0, 0.05) is 26.7 Å². The van der Waals surface area contributed by atoms with Gasteiger partial charge < -0.3 is 5.32 Å². The van der Waals surface area contributed by atoms with Crippen LogP contribution in [0.15, 0.2) is 53.4 Å². The number of thioether (sulfide) groups is 1. The lowest BCUT2D eigenvalue weighted by Gasteiger charge is -2.18. The molecular formula is C17H19Cl2NS. The molecule has 0 spiro atoms. The van der Waals surface area contributed by atoms with Crippen molar-refractivity contribution in [1.29, 1.82) is 0 Å². The Bertz CT molecular complexity index is 557. The maximum Gasteiger partial charge on any atom is 0.0417 e. The Morgan fingerprint density at radius 3 is 2.48 bits per heavy atom. The molecule has 0 fully saturated rings. The summed E-state index contributed by atoms with van der Waals surface area (Å²) in [5.41, 5.74) is 1.30. The summed E-state index contributed by atoms with van der Waals surface area (Å²) in [6, 6.07) is 16.5. The van der Waals surface area contributed by atoms with E-state index in [1.807, 2.05) is 42.1 Å². The summed E-state index contributed by atoms with van der Waals surface area (Å²) in [7, 11) is 0. The van der Waals surface area contributed by atoms with Gasteiger partial charge in [-0.2, -0.15) is 0 Å². The first-order valence-corrected chi connectivity index (χ1v) is 8.77. The molecule has 2 aromatic carbocycles. The van der Waals surface area contributed by atoms with E-state index in [9.17, 15) is 0 Å². The zero-order valence-corrected chi connectivity index (χ0v) is 14.3. The van der Waals surface area contributed by atoms with E-state index in [1.54, 1.807) is 0 Å². The Hall–Kier alpha value is -0.670. The molecular weight excluding hydrogens is 321 g/mol. The topological polar surface area (TPSA) is 12.0 Å². The molecule has 1 atom stereocenters. The molecule has 0 aliphatic rings. The van der Waals surface area contributed by atoms with Gasteiger partial charge in [-0.05, 0) is 48.9 Å². The number of benzene rings is 2. The largest absolute Gasteiger partial charge is 0.313 e. The minimum atomic E-state index is 0.431.